The first kappa shape index (κ1) is 48.6. The molecule has 0 saturated carbocycles. The van der Waals surface area contributed by atoms with Gasteiger partial charge in [0.2, 0.25) is 0 Å². The SMILES string of the molecule is Cc1c(C)c(C)c2c(c1C)Cc1c(C)c(C)c(C)c(C)c1N2c1ccc(-c2nc(-c3ccccc3)nc(-c3ccccc3)n2)cc1-c1ncccc1N1c2c(C)c(C)c(C)c(C)c2Cc2c(C)c(C)c(C)c(C)c21. The second-order valence-corrected chi connectivity index (χ2v) is 21.5. The molecular weight excluding hydrogens is 901 g/mol. The van der Waals surface area contributed by atoms with Gasteiger partial charge in [-0.15, -0.1) is 0 Å². The second kappa shape index (κ2) is 18.1. The molecule has 2 aromatic heterocycles. The van der Waals surface area contributed by atoms with Crippen molar-refractivity contribution in [2.24, 2.45) is 0 Å². The number of hydrogen-bond acceptors (Lipinski definition) is 6. The topological polar surface area (TPSA) is 58.0 Å². The highest BCUT2D eigenvalue weighted by atomic mass is 15.2. The lowest BCUT2D eigenvalue weighted by atomic mass is 9.80. The van der Waals surface area contributed by atoms with Crippen molar-refractivity contribution in [2.75, 3.05) is 9.80 Å². The molecule has 0 aliphatic carbocycles. The lowest BCUT2D eigenvalue weighted by Gasteiger charge is -2.41. The third-order valence-corrected chi connectivity index (χ3v) is 18.2. The van der Waals surface area contributed by atoms with Crippen molar-refractivity contribution < 1.29 is 0 Å². The molecule has 9 aromatic rings. The Morgan fingerprint density at radius 2 is 0.649 bits per heavy atom. The van der Waals surface area contributed by atoms with Gasteiger partial charge in [-0.25, -0.2) is 15.0 Å². The fourth-order valence-corrected chi connectivity index (χ4v) is 12.4. The monoisotopic (exact) mass is 969 g/mol. The molecule has 0 saturated heterocycles. The van der Waals surface area contributed by atoms with Gasteiger partial charge in [0.1, 0.15) is 0 Å². The number of nitrogens with zero attached hydrogens (tertiary/aromatic N) is 6. The number of hydrogen-bond donors (Lipinski definition) is 0. The molecule has 0 fully saturated rings. The average Bonchev–Trinajstić information content (AvgIpc) is 3.46. The minimum Gasteiger partial charge on any atom is -0.309 e. The van der Waals surface area contributed by atoms with E-state index in [1.165, 1.54) is 134 Å². The molecule has 0 radical (unpaired) electrons. The van der Waals surface area contributed by atoms with Crippen LogP contribution in [-0.4, -0.2) is 19.9 Å². The summed E-state index contributed by atoms with van der Waals surface area (Å²) in [5.74, 6) is 1.85. The number of fused-ring (bicyclic) bond motifs is 4. The van der Waals surface area contributed by atoms with Crippen LogP contribution >= 0.6 is 0 Å². The Labute approximate surface area is 439 Å². The number of benzene rings is 7. The Bertz CT molecular complexity index is 3650. The van der Waals surface area contributed by atoms with Crippen molar-refractivity contribution in [1.29, 1.82) is 0 Å². The molecule has 2 aliphatic rings. The predicted octanol–water partition coefficient (Wildman–Crippen LogP) is 17.6. The van der Waals surface area contributed by atoms with E-state index < -0.39 is 0 Å². The highest BCUT2D eigenvalue weighted by molar-refractivity contribution is 6.01. The van der Waals surface area contributed by atoms with E-state index in [-0.39, 0.29) is 0 Å². The van der Waals surface area contributed by atoms with Gasteiger partial charge in [-0.3, -0.25) is 4.98 Å². The van der Waals surface area contributed by atoms with Crippen molar-refractivity contribution in [3.63, 3.8) is 0 Å². The molecule has 0 N–H and O–H groups in total. The summed E-state index contributed by atoms with van der Waals surface area (Å²) < 4.78 is 0. The van der Waals surface area contributed by atoms with Crippen LogP contribution in [-0.2, 0) is 12.8 Å². The summed E-state index contributed by atoms with van der Waals surface area (Å²) in [6.45, 7) is 37.0. The van der Waals surface area contributed by atoms with E-state index in [0.717, 1.165) is 52.2 Å². The smallest absolute Gasteiger partial charge is 0.164 e. The summed E-state index contributed by atoms with van der Waals surface area (Å²) in [5, 5.41) is 0. The second-order valence-electron chi connectivity index (χ2n) is 21.5. The maximum Gasteiger partial charge on any atom is 0.164 e. The maximum atomic E-state index is 5.61. The van der Waals surface area contributed by atoms with E-state index in [1.54, 1.807) is 0 Å². The van der Waals surface area contributed by atoms with Crippen LogP contribution in [0.2, 0.25) is 0 Å². The largest absolute Gasteiger partial charge is 0.309 e. The summed E-state index contributed by atoms with van der Waals surface area (Å²) in [6.07, 6.45) is 3.73. The third-order valence-electron chi connectivity index (χ3n) is 18.2. The first-order chi connectivity index (χ1) is 35.4. The molecule has 6 nitrogen and oxygen atoms in total. The van der Waals surface area contributed by atoms with Gasteiger partial charge in [0.05, 0.1) is 39.8 Å². The van der Waals surface area contributed by atoms with E-state index in [4.69, 9.17) is 19.9 Å². The van der Waals surface area contributed by atoms with Crippen LogP contribution in [0.4, 0.5) is 34.1 Å². The first-order valence-electron chi connectivity index (χ1n) is 26.3. The van der Waals surface area contributed by atoms with E-state index in [2.05, 4.69) is 175 Å². The van der Waals surface area contributed by atoms with Gasteiger partial charge in [0.25, 0.3) is 0 Å². The van der Waals surface area contributed by atoms with Crippen LogP contribution in [0.3, 0.4) is 0 Å². The molecule has 0 bridgehead atoms. The summed E-state index contributed by atoms with van der Waals surface area (Å²) in [6, 6.07) is 31.8. The van der Waals surface area contributed by atoms with Gasteiger partial charge < -0.3 is 9.80 Å². The molecule has 6 heteroatoms. The fourth-order valence-electron chi connectivity index (χ4n) is 12.4. The predicted molar refractivity (Wildman–Crippen MR) is 310 cm³/mol. The normalized spacial score (nSPS) is 12.7. The summed E-state index contributed by atoms with van der Waals surface area (Å²) in [5.41, 5.74) is 38.7. The highest BCUT2D eigenvalue weighted by Crippen LogP contribution is 2.57. The summed E-state index contributed by atoms with van der Waals surface area (Å²) >= 11 is 0. The summed E-state index contributed by atoms with van der Waals surface area (Å²) in [4.78, 5) is 26.6. The minimum absolute atomic E-state index is 0.600. The molecule has 4 heterocycles. The number of rotatable bonds is 6. The fraction of sp³-hybridized carbons (Fsp3) is 0.265. The lowest BCUT2D eigenvalue weighted by molar-refractivity contribution is 0.991. The summed E-state index contributed by atoms with van der Waals surface area (Å²) in [7, 11) is 0. The van der Waals surface area contributed by atoms with Crippen LogP contribution in [0, 0.1) is 111 Å². The molecule has 0 amide bonds. The maximum absolute atomic E-state index is 5.61. The Morgan fingerprint density at radius 1 is 0.311 bits per heavy atom. The zero-order valence-corrected chi connectivity index (χ0v) is 46.3. The molecule has 0 unspecified atom stereocenters. The van der Waals surface area contributed by atoms with Crippen LogP contribution in [0.1, 0.15) is 111 Å². The van der Waals surface area contributed by atoms with E-state index in [0.29, 0.717) is 17.5 Å². The molecule has 0 atom stereocenters. The molecule has 0 spiro atoms. The van der Waals surface area contributed by atoms with Gasteiger partial charge in [0, 0.05) is 41.3 Å². The third kappa shape index (κ3) is 7.27. The van der Waals surface area contributed by atoms with Crippen LogP contribution in [0.5, 0.6) is 0 Å². The van der Waals surface area contributed by atoms with Gasteiger partial charge in [-0.1, -0.05) is 60.7 Å². The van der Waals surface area contributed by atoms with Crippen LogP contribution in [0.25, 0.3) is 45.4 Å². The van der Waals surface area contributed by atoms with Crippen molar-refractivity contribution >= 4 is 34.1 Å². The molecule has 11 rings (SSSR count). The quantitative estimate of drug-likeness (QED) is 0.165. The van der Waals surface area contributed by atoms with Gasteiger partial charge in [0.15, 0.2) is 17.5 Å². The van der Waals surface area contributed by atoms with Crippen molar-refractivity contribution in [2.45, 2.75) is 124 Å². The van der Waals surface area contributed by atoms with Gasteiger partial charge in [-0.05, 0) is 252 Å². The average molecular weight is 969 g/mol. The number of pyridine rings is 1. The minimum atomic E-state index is 0.600. The molecular formula is C68H68N6. The Balaban J connectivity index is 1.29. The molecule has 7 aromatic carbocycles. The number of anilines is 6. The van der Waals surface area contributed by atoms with Crippen LogP contribution in [0.15, 0.2) is 97.2 Å². The number of aromatic nitrogens is 4. The van der Waals surface area contributed by atoms with E-state index >= 15 is 0 Å². The van der Waals surface area contributed by atoms with Crippen molar-refractivity contribution in [1.82, 2.24) is 19.9 Å². The Morgan fingerprint density at radius 3 is 1.03 bits per heavy atom. The van der Waals surface area contributed by atoms with Crippen LogP contribution < -0.4 is 9.80 Å². The Kier molecular flexibility index (Phi) is 11.8. The molecule has 74 heavy (non-hydrogen) atoms. The van der Waals surface area contributed by atoms with Gasteiger partial charge in [-0.2, -0.15) is 0 Å². The highest BCUT2D eigenvalue weighted by Gasteiger charge is 2.37. The first-order valence-corrected chi connectivity index (χ1v) is 26.3. The molecule has 370 valence electrons. The Hall–Kier alpha value is -7.70. The zero-order chi connectivity index (χ0) is 52.3. The van der Waals surface area contributed by atoms with Crippen molar-refractivity contribution in [3.05, 3.63) is 208 Å². The zero-order valence-electron chi connectivity index (χ0n) is 46.3. The van der Waals surface area contributed by atoms with Crippen molar-refractivity contribution in [3.8, 4) is 45.4 Å². The lowest BCUT2D eigenvalue weighted by Crippen LogP contribution is -2.26. The van der Waals surface area contributed by atoms with Gasteiger partial charge >= 0.3 is 0 Å². The molecule has 2 aliphatic heterocycles. The van der Waals surface area contributed by atoms with E-state index in [9.17, 15) is 0 Å². The standard InChI is InChI=1S/C68H68N6/c1-35-39(5)47(13)62-54(43(35)9)33-55-44(10)36(2)40(6)48(14)63(55)73(62)59-30-29-53(68-71-66(51-24-19-17-20-25-51)70-67(72-68)52-26-21-18-22-27-52)32-58(59)61-60(28-23-31-69-61)74-64-49(15)41(7)37(3)45(11)56(64)34-57-46(12)38(4)42(8)50(16)65(57)74/h17-32H,33-34H2,1-16H3. The van der Waals surface area contributed by atoms with E-state index in [1.807, 2.05) is 42.6 Å².